The van der Waals surface area contributed by atoms with E-state index in [1.54, 1.807) is 25.1 Å². The number of alkyl halides is 1. The van der Waals surface area contributed by atoms with Crippen molar-refractivity contribution >= 4 is 11.8 Å². The summed E-state index contributed by atoms with van der Waals surface area (Å²) in [4.78, 5) is 20.4. The number of halogens is 2. The van der Waals surface area contributed by atoms with Gasteiger partial charge in [0.2, 0.25) is 6.23 Å². The van der Waals surface area contributed by atoms with E-state index in [-0.39, 0.29) is 5.56 Å². The van der Waals surface area contributed by atoms with Crippen LogP contribution in [0.2, 0.25) is 0 Å². The molecule has 22 heavy (non-hydrogen) atoms. The molecule has 1 aliphatic heterocycles. The fourth-order valence-electron chi connectivity index (χ4n) is 1.87. The zero-order chi connectivity index (χ0) is 16.1. The highest BCUT2D eigenvalue weighted by Gasteiger charge is 2.22. The molecule has 1 atom stereocenters. The van der Waals surface area contributed by atoms with Crippen LogP contribution in [0, 0.1) is 0 Å². The van der Waals surface area contributed by atoms with Gasteiger partial charge in [-0.05, 0) is 25.1 Å². The number of benzene rings is 1. The molecule has 0 aliphatic carbocycles. The Morgan fingerprint density at radius 2 is 2.32 bits per heavy atom. The summed E-state index contributed by atoms with van der Waals surface area (Å²) in [6.07, 6.45) is 1.75. The molecule has 2 rings (SSSR count). The third-order valence-corrected chi connectivity index (χ3v) is 2.97. The molecule has 5 nitrogen and oxygen atoms in total. The van der Waals surface area contributed by atoms with Crippen molar-refractivity contribution in [3.8, 4) is 0 Å². The molecule has 116 valence electrons. The number of nitrogens with one attached hydrogen (secondary N) is 1. The molecule has 0 saturated heterocycles. The largest absolute Gasteiger partial charge is 0.478 e. The van der Waals surface area contributed by atoms with Gasteiger partial charge in [-0.1, -0.05) is 18.2 Å². The molecule has 2 N–H and O–H groups in total. The number of aromatic carboxylic acids is 1. The Morgan fingerprint density at radius 1 is 1.55 bits per heavy atom. The van der Waals surface area contributed by atoms with Crippen LogP contribution in [0.5, 0.6) is 0 Å². The molecule has 0 saturated carbocycles. The second kappa shape index (κ2) is 6.95. The molecule has 7 heteroatoms. The van der Waals surface area contributed by atoms with Crippen LogP contribution in [0.1, 0.15) is 22.8 Å². The van der Waals surface area contributed by atoms with Crippen molar-refractivity contribution in [2.24, 2.45) is 4.99 Å². The predicted octanol–water partition coefficient (Wildman–Crippen LogP) is 2.76. The summed E-state index contributed by atoms with van der Waals surface area (Å²) in [6.45, 7) is 0.452. The Balaban J connectivity index is 2.25. The number of aliphatic imine (C=N–C) groups is 1. The number of rotatable bonds is 5. The maximum absolute atomic E-state index is 13.0. The molecule has 0 bridgehead atoms. The summed E-state index contributed by atoms with van der Waals surface area (Å²) in [5.41, 5.74) is 3.55. The molecule has 0 fully saturated rings. The Kier molecular flexibility index (Phi) is 5.00. The molecule has 1 aromatic carbocycles. The average Bonchev–Trinajstić information content (AvgIpc) is 3.02. The first kappa shape index (κ1) is 15.8. The third-order valence-electron chi connectivity index (χ3n) is 2.97. The highest BCUT2D eigenvalue weighted by atomic mass is 19.2. The van der Waals surface area contributed by atoms with Crippen LogP contribution in [-0.4, -0.2) is 29.8 Å². The van der Waals surface area contributed by atoms with Crippen LogP contribution in [0.4, 0.5) is 8.78 Å². The Morgan fingerprint density at radius 3 is 2.95 bits per heavy atom. The quantitative estimate of drug-likeness (QED) is 0.821. The van der Waals surface area contributed by atoms with E-state index in [0.29, 0.717) is 17.0 Å². The zero-order valence-electron chi connectivity index (χ0n) is 11.7. The standard InChI is InChI=1S/C15H14F2N2O3/c1-2-9(7-12(17)8-16)14-18-13(19-22-14)10-4-3-5-11(6-10)15(20)21/h2-7,14H,8H2,1H3,(H,18,19)(H,20,21)/b9-2+,12-7+. The summed E-state index contributed by atoms with van der Waals surface area (Å²) >= 11 is 0. The SMILES string of the molecule is C/C=C(\C=C(\F)CF)C1N=C(c2cccc(C(=O)O)c2)NO1. The van der Waals surface area contributed by atoms with Crippen LogP contribution in [0.3, 0.4) is 0 Å². The summed E-state index contributed by atoms with van der Waals surface area (Å²) in [5, 5.41) is 8.97. The molecule has 1 heterocycles. The number of carboxylic acid groups (broad SMARTS) is 1. The van der Waals surface area contributed by atoms with Gasteiger partial charge in [-0.3, -0.25) is 0 Å². The second-order valence-electron chi connectivity index (χ2n) is 4.45. The summed E-state index contributed by atoms with van der Waals surface area (Å²) in [5.74, 6) is -1.66. The number of hydrogen-bond acceptors (Lipinski definition) is 4. The molecule has 1 aromatic rings. The van der Waals surface area contributed by atoms with Crippen molar-refractivity contribution in [2.45, 2.75) is 13.2 Å². The maximum atomic E-state index is 13.0. The fraction of sp³-hybridized carbons (Fsp3) is 0.200. The smallest absolute Gasteiger partial charge is 0.335 e. The van der Waals surface area contributed by atoms with E-state index in [4.69, 9.17) is 9.94 Å². The van der Waals surface area contributed by atoms with Gasteiger partial charge in [0.15, 0.2) is 5.84 Å². The third kappa shape index (κ3) is 3.56. The first-order valence-corrected chi connectivity index (χ1v) is 6.46. The molecular weight excluding hydrogens is 294 g/mol. The summed E-state index contributed by atoms with van der Waals surface area (Å²) in [6, 6.07) is 6.14. The molecule has 0 aromatic heterocycles. The molecule has 0 amide bonds. The first-order valence-electron chi connectivity index (χ1n) is 6.46. The number of hydroxylamine groups is 1. The topological polar surface area (TPSA) is 70.9 Å². The molecule has 1 unspecified atom stereocenters. The lowest BCUT2D eigenvalue weighted by atomic mass is 10.1. The number of nitrogens with zero attached hydrogens (tertiary/aromatic N) is 1. The van der Waals surface area contributed by atoms with E-state index in [0.717, 1.165) is 6.08 Å². The Hall–Kier alpha value is -2.54. The van der Waals surface area contributed by atoms with Gasteiger partial charge in [-0.15, -0.1) is 0 Å². The molecular formula is C15H14F2N2O3. The minimum atomic E-state index is -1.20. The second-order valence-corrected chi connectivity index (χ2v) is 4.45. The summed E-state index contributed by atoms with van der Waals surface area (Å²) in [7, 11) is 0. The van der Waals surface area contributed by atoms with Crippen LogP contribution >= 0.6 is 0 Å². The number of amidine groups is 1. The van der Waals surface area contributed by atoms with E-state index in [1.807, 2.05) is 0 Å². The summed E-state index contributed by atoms with van der Waals surface area (Å²) < 4.78 is 25.3. The van der Waals surface area contributed by atoms with Gasteiger partial charge >= 0.3 is 5.97 Å². The van der Waals surface area contributed by atoms with E-state index in [2.05, 4.69) is 10.5 Å². The van der Waals surface area contributed by atoms with E-state index in [1.165, 1.54) is 12.1 Å². The zero-order valence-corrected chi connectivity index (χ0v) is 11.7. The van der Waals surface area contributed by atoms with Crippen LogP contribution in [0.15, 0.2) is 52.8 Å². The Labute approximate surface area is 125 Å². The van der Waals surface area contributed by atoms with Crippen molar-refractivity contribution in [2.75, 3.05) is 6.67 Å². The van der Waals surface area contributed by atoms with E-state index < -0.39 is 24.7 Å². The lowest BCUT2D eigenvalue weighted by Gasteiger charge is -2.06. The monoisotopic (exact) mass is 308 g/mol. The number of hydrogen-bond donors (Lipinski definition) is 2. The highest BCUT2D eigenvalue weighted by Crippen LogP contribution is 2.18. The van der Waals surface area contributed by atoms with Crippen LogP contribution in [0.25, 0.3) is 0 Å². The fourth-order valence-corrected chi connectivity index (χ4v) is 1.87. The van der Waals surface area contributed by atoms with Crippen LogP contribution in [-0.2, 0) is 4.84 Å². The minimum Gasteiger partial charge on any atom is -0.478 e. The van der Waals surface area contributed by atoms with Crippen molar-refractivity contribution < 1.29 is 23.5 Å². The normalized spacial score (nSPS) is 18.9. The number of carbonyl (C=O) groups is 1. The minimum absolute atomic E-state index is 0.111. The first-order chi connectivity index (χ1) is 10.5. The van der Waals surface area contributed by atoms with E-state index in [9.17, 15) is 13.6 Å². The van der Waals surface area contributed by atoms with Crippen molar-refractivity contribution in [3.05, 3.63) is 58.9 Å². The molecule has 0 spiro atoms. The van der Waals surface area contributed by atoms with Gasteiger partial charge in [-0.2, -0.15) is 0 Å². The van der Waals surface area contributed by atoms with Gasteiger partial charge in [0.1, 0.15) is 12.5 Å². The lowest BCUT2D eigenvalue weighted by Crippen LogP contribution is -2.20. The van der Waals surface area contributed by atoms with Gasteiger partial charge in [0, 0.05) is 11.1 Å². The van der Waals surface area contributed by atoms with Crippen molar-refractivity contribution in [1.82, 2.24) is 5.48 Å². The molecule has 1 aliphatic rings. The van der Waals surface area contributed by atoms with Gasteiger partial charge in [0.05, 0.1) is 5.56 Å². The van der Waals surface area contributed by atoms with Crippen molar-refractivity contribution in [1.29, 1.82) is 0 Å². The molecule has 0 radical (unpaired) electrons. The predicted molar refractivity (Wildman–Crippen MR) is 76.9 cm³/mol. The van der Waals surface area contributed by atoms with Gasteiger partial charge < -0.3 is 5.11 Å². The van der Waals surface area contributed by atoms with Crippen molar-refractivity contribution in [3.63, 3.8) is 0 Å². The van der Waals surface area contributed by atoms with Crippen LogP contribution < -0.4 is 5.48 Å². The number of allylic oxidation sites excluding steroid dienone is 2. The van der Waals surface area contributed by atoms with E-state index >= 15 is 0 Å². The number of carboxylic acids is 1. The average molecular weight is 308 g/mol. The van der Waals surface area contributed by atoms with Gasteiger partial charge in [-0.25, -0.2) is 28.9 Å². The lowest BCUT2D eigenvalue weighted by molar-refractivity contribution is 0.0625. The Bertz CT molecular complexity index is 669. The maximum Gasteiger partial charge on any atom is 0.335 e. The van der Waals surface area contributed by atoms with Gasteiger partial charge in [0.25, 0.3) is 0 Å². The highest BCUT2D eigenvalue weighted by molar-refractivity contribution is 6.01.